The van der Waals surface area contributed by atoms with Crippen molar-refractivity contribution >= 4 is 75.3 Å². The van der Waals surface area contributed by atoms with E-state index in [0.717, 1.165) is 55.7 Å². The van der Waals surface area contributed by atoms with Crippen LogP contribution >= 0.6 is 11.3 Å². The van der Waals surface area contributed by atoms with Crippen molar-refractivity contribution in [3.63, 3.8) is 0 Å². The average Bonchev–Trinajstić information content (AvgIpc) is 3.87. The lowest BCUT2D eigenvalue weighted by atomic mass is 10.0. The molecule has 5 heteroatoms. The summed E-state index contributed by atoms with van der Waals surface area (Å²) in [6.07, 6.45) is 0. The standard InChI is InChI=1S/C46H27N3OS/c1-3-12-28(13-4-1)37-27-38(29-22-23-32-31-16-8-10-21-41(31)50-42(32)26-29)48-46(47-37)36-19-11-18-33-34-24-25-40-43(45(34)51-44(33)36)35-17-7-9-20-39(35)49(40)30-14-5-2-6-15-30/h1-27H. The van der Waals surface area contributed by atoms with E-state index < -0.39 is 0 Å². The molecule has 0 radical (unpaired) electrons. The van der Waals surface area contributed by atoms with Crippen molar-refractivity contribution in [2.75, 3.05) is 0 Å². The number of aromatic nitrogens is 3. The quantitative estimate of drug-likeness (QED) is 0.187. The van der Waals surface area contributed by atoms with E-state index in [9.17, 15) is 0 Å². The molecule has 0 N–H and O–H groups in total. The zero-order valence-corrected chi connectivity index (χ0v) is 28.1. The Kier molecular flexibility index (Phi) is 6.09. The maximum absolute atomic E-state index is 6.29. The van der Waals surface area contributed by atoms with Crippen LogP contribution in [-0.2, 0) is 0 Å². The highest BCUT2D eigenvalue weighted by molar-refractivity contribution is 7.27. The zero-order chi connectivity index (χ0) is 33.5. The third-order valence-electron chi connectivity index (χ3n) is 10.0. The van der Waals surface area contributed by atoms with Gasteiger partial charge < -0.3 is 8.98 Å². The van der Waals surface area contributed by atoms with Crippen LogP contribution in [0.4, 0.5) is 0 Å². The van der Waals surface area contributed by atoms with Gasteiger partial charge in [0.2, 0.25) is 0 Å². The first-order chi connectivity index (χ1) is 25.3. The third-order valence-corrected chi connectivity index (χ3v) is 11.3. The van der Waals surface area contributed by atoms with Gasteiger partial charge >= 0.3 is 0 Å². The van der Waals surface area contributed by atoms with Crippen LogP contribution in [0.3, 0.4) is 0 Å². The number of hydrogen-bond donors (Lipinski definition) is 0. The summed E-state index contributed by atoms with van der Waals surface area (Å²) in [4.78, 5) is 10.5. The second-order valence-electron chi connectivity index (χ2n) is 12.9. The molecule has 0 aliphatic heterocycles. The number of rotatable bonds is 4. The Morgan fingerprint density at radius 2 is 1.12 bits per heavy atom. The molecule has 0 spiro atoms. The minimum Gasteiger partial charge on any atom is -0.456 e. The van der Waals surface area contributed by atoms with Gasteiger partial charge in [0.1, 0.15) is 11.2 Å². The molecule has 51 heavy (non-hydrogen) atoms. The van der Waals surface area contributed by atoms with Crippen LogP contribution in [0.15, 0.2) is 168 Å². The minimum atomic E-state index is 0.705. The number of para-hydroxylation sites is 3. The van der Waals surface area contributed by atoms with Crippen LogP contribution < -0.4 is 0 Å². The van der Waals surface area contributed by atoms with E-state index in [1.165, 1.54) is 42.0 Å². The van der Waals surface area contributed by atoms with E-state index in [4.69, 9.17) is 14.4 Å². The lowest BCUT2D eigenvalue weighted by Crippen LogP contribution is -1.96. The second-order valence-corrected chi connectivity index (χ2v) is 14.0. The zero-order valence-electron chi connectivity index (χ0n) is 27.2. The van der Waals surface area contributed by atoms with E-state index in [0.29, 0.717) is 5.82 Å². The first-order valence-corrected chi connectivity index (χ1v) is 17.9. The topological polar surface area (TPSA) is 43.9 Å². The number of thiophene rings is 1. The summed E-state index contributed by atoms with van der Waals surface area (Å²) in [5, 5.41) is 7.20. The molecular formula is C46H27N3OS. The molecule has 0 unspecified atom stereocenters. The molecule has 0 aliphatic rings. The summed E-state index contributed by atoms with van der Waals surface area (Å²) < 4.78 is 11.1. The fourth-order valence-corrected chi connectivity index (χ4v) is 9.06. The van der Waals surface area contributed by atoms with Gasteiger partial charge in [0.15, 0.2) is 5.82 Å². The van der Waals surface area contributed by atoms with Gasteiger partial charge in [0.25, 0.3) is 0 Å². The molecular weight excluding hydrogens is 643 g/mol. The summed E-state index contributed by atoms with van der Waals surface area (Å²) in [5.41, 5.74) is 10.1. The third kappa shape index (κ3) is 4.32. The van der Waals surface area contributed by atoms with Crippen LogP contribution in [0.1, 0.15) is 0 Å². The fourth-order valence-electron chi connectivity index (χ4n) is 7.70. The second kappa shape index (κ2) is 11.0. The SMILES string of the molecule is c1ccc(-c2cc(-c3ccc4c(c3)oc3ccccc34)nc(-c3cccc4c3sc3c4ccc4c3c3ccccc3n4-c3ccccc3)n2)cc1. The lowest BCUT2D eigenvalue weighted by molar-refractivity contribution is 0.669. The van der Waals surface area contributed by atoms with Gasteiger partial charge in [-0.1, -0.05) is 109 Å². The van der Waals surface area contributed by atoms with Gasteiger partial charge in [0, 0.05) is 64.1 Å². The summed E-state index contributed by atoms with van der Waals surface area (Å²) >= 11 is 1.84. The monoisotopic (exact) mass is 669 g/mol. The maximum atomic E-state index is 6.29. The van der Waals surface area contributed by atoms with Crippen LogP contribution in [0.5, 0.6) is 0 Å². The van der Waals surface area contributed by atoms with Crippen LogP contribution in [0.25, 0.3) is 104 Å². The molecule has 0 bridgehead atoms. The molecule has 238 valence electrons. The van der Waals surface area contributed by atoms with E-state index in [-0.39, 0.29) is 0 Å². The van der Waals surface area contributed by atoms with Crippen LogP contribution in [0.2, 0.25) is 0 Å². The van der Waals surface area contributed by atoms with Crippen molar-refractivity contribution in [2.24, 2.45) is 0 Å². The van der Waals surface area contributed by atoms with Crippen molar-refractivity contribution in [2.45, 2.75) is 0 Å². The van der Waals surface area contributed by atoms with Gasteiger partial charge in [-0.3, -0.25) is 0 Å². The van der Waals surface area contributed by atoms with E-state index in [1.54, 1.807) is 0 Å². The Morgan fingerprint density at radius 1 is 0.451 bits per heavy atom. The van der Waals surface area contributed by atoms with Crippen molar-refractivity contribution in [3.8, 4) is 39.6 Å². The van der Waals surface area contributed by atoms with Gasteiger partial charge in [-0.2, -0.15) is 0 Å². The molecule has 0 atom stereocenters. The largest absolute Gasteiger partial charge is 0.456 e. The van der Waals surface area contributed by atoms with Crippen molar-refractivity contribution < 1.29 is 4.42 Å². The van der Waals surface area contributed by atoms with Gasteiger partial charge in [0.05, 0.1) is 22.4 Å². The Hall–Kier alpha value is -6.56. The molecule has 4 nitrogen and oxygen atoms in total. The number of nitrogens with zero attached hydrogens (tertiary/aromatic N) is 3. The lowest BCUT2D eigenvalue weighted by Gasteiger charge is -2.10. The molecule has 4 heterocycles. The van der Waals surface area contributed by atoms with Crippen LogP contribution in [-0.4, -0.2) is 14.5 Å². The molecule has 0 fully saturated rings. The average molecular weight is 670 g/mol. The predicted octanol–water partition coefficient (Wildman–Crippen LogP) is 12.8. The normalized spacial score (nSPS) is 11.9. The Labute approximate surface area is 296 Å². The van der Waals surface area contributed by atoms with Gasteiger partial charge in [-0.05, 0) is 54.6 Å². The highest BCUT2D eigenvalue weighted by Crippen LogP contribution is 2.46. The van der Waals surface area contributed by atoms with Gasteiger partial charge in [-0.25, -0.2) is 9.97 Å². The fraction of sp³-hybridized carbons (Fsp3) is 0. The van der Waals surface area contributed by atoms with E-state index in [1.807, 2.05) is 29.5 Å². The Bertz CT molecular complexity index is 3140. The maximum Gasteiger partial charge on any atom is 0.161 e. The smallest absolute Gasteiger partial charge is 0.161 e. The van der Waals surface area contributed by atoms with Crippen LogP contribution in [0, 0.1) is 0 Å². The van der Waals surface area contributed by atoms with Crippen molar-refractivity contribution in [1.29, 1.82) is 0 Å². The number of benzene rings is 7. The molecule has 4 aromatic heterocycles. The summed E-state index contributed by atoms with van der Waals surface area (Å²) in [6.45, 7) is 0. The first-order valence-electron chi connectivity index (χ1n) is 17.1. The molecule has 0 amide bonds. The first kappa shape index (κ1) is 28.3. The molecule has 7 aromatic carbocycles. The molecule has 0 saturated heterocycles. The molecule has 11 aromatic rings. The van der Waals surface area contributed by atoms with E-state index >= 15 is 0 Å². The summed E-state index contributed by atoms with van der Waals surface area (Å²) in [7, 11) is 0. The minimum absolute atomic E-state index is 0.705. The summed E-state index contributed by atoms with van der Waals surface area (Å²) in [6, 6.07) is 57.5. The molecule has 11 rings (SSSR count). The highest BCUT2D eigenvalue weighted by atomic mass is 32.1. The predicted molar refractivity (Wildman–Crippen MR) is 213 cm³/mol. The van der Waals surface area contributed by atoms with E-state index in [2.05, 4.69) is 150 Å². The number of furan rings is 1. The summed E-state index contributed by atoms with van der Waals surface area (Å²) in [5.74, 6) is 0.705. The Morgan fingerprint density at radius 3 is 1.98 bits per heavy atom. The molecule has 0 aliphatic carbocycles. The highest BCUT2D eigenvalue weighted by Gasteiger charge is 2.20. The number of fused-ring (bicyclic) bond motifs is 10. The van der Waals surface area contributed by atoms with Crippen molar-refractivity contribution in [1.82, 2.24) is 14.5 Å². The molecule has 0 saturated carbocycles. The number of hydrogen-bond acceptors (Lipinski definition) is 4. The Balaban J connectivity index is 1.16. The van der Waals surface area contributed by atoms with Gasteiger partial charge in [-0.15, -0.1) is 11.3 Å². The van der Waals surface area contributed by atoms with Crippen molar-refractivity contribution in [3.05, 3.63) is 164 Å².